The number of benzene rings is 2. The molecule has 1 atom stereocenters. The highest BCUT2D eigenvalue weighted by Gasteiger charge is 2.15. The Labute approximate surface area is 146 Å². The van der Waals surface area contributed by atoms with Crippen molar-refractivity contribution in [3.63, 3.8) is 0 Å². The Morgan fingerprint density at radius 2 is 1.88 bits per heavy atom. The molecule has 2 aromatic carbocycles. The molecule has 0 aliphatic heterocycles. The summed E-state index contributed by atoms with van der Waals surface area (Å²) < 4.78 is 5.47. The minimum Gasteiger partial charge on any atom is -0.389 e. The van der Waals surface area contributed by atoms with Crippen LogP contribution in [-0.4, -0.2) is 42.3 Å². The maximum absolute atomic E-state index is 12.1. The number of hydrogen-bond donors (Lipinski definition) is 2. The van der Waals surface area contributed by atoms with Crippen molar-refractivity contribution in [3.8, 4) is 0 Å². The average molecular weight is 349 g/mol. The standard InChI is InChI=1S/C18H21ClN2O3/c1-21(18(23)20-17-10-6-5-9-16(17)19)11-15(22)13-24-12-14-7-3-2-4-8-14/h2-10,15,22H,11-13H2,1H3,(H,20,23)/t15-/m0/s1. The number of ether oxygens (including phenoxy) is 1. The summed E-state index contributed by atoms with van der Waals surface area (Å²) in [5.74, 6) is 0. The van der Waals surface area contributed by atoms with E-state index >= 15 is 0 Å². The lowest BCUT2D eigenvalue weighted by Gasteiger charge is -2.21. The van der Waals surface area contributed by atoms with E-state index in [1.165, 1.54) is 4.90 Å². The monoisotopic (exact) mass is 348 g/mol. The van der Waals surface area contributed by atoms with Crippen molar-refractivity contribution in [1.29, 1.82) is 0 Å². The molecule has 0 saturated heterocycles. The lowest BCUT2D eigenvalue weighted by Crippen LogP contribution is -2.38. The topological polar surface area (TPSA) is 61.8 Å². The van der Waals surface area contributed by atoms with Crippen LogP contribution in [0.25, 0.3) is 0 Å². The van der Waals surface area contributed by atoms with Crippen molar-refractivity contribution >= 4 is 23.3 Å². The van der Waals surface area contributed by atoms with Crippen molar-refractivity contribution in [1.82, 2.24) is 4.90 Å². The van der Waals surface area contributed by atoms with Gasteiger partial charge in [-0.3, -0.25) is 0 Å². The van der Waals surface area contributed by atoms with Crippen molar-refractivity contribution in [3.05, 3.63) is 65.2 Å². The Morgan fingerprint density at radius 3 is 2.58 bits per heavy atom. The third kappa shape index (κ3) is 5.85. The Morgan fingerprint density at radius 1 is 1.21 bits per heavy atom. The first kappa shape index (κ1) is 18.3. The van der Waals surface area contributed by atoms with Gasteiger partial charge in [0.05, 0.1) is 36.6 Å². The number of halogens is 1. The Bertz CT molecular complexity index is 652. The SMILES string of the molecule is CN(C[C@H](O)COCc1ccccc1)C(=O)Nc1ccccc1Cl. The van der Waals surface area contributed by atoms with Crippen LogP contribution in [0.2, 0.25) is 5.02 Å². The van der Waals surface area contributed by atoms with Gasteiger partial charge in [0.2, 0.25) is 0 Å². The van der Waals surface area contributed by atoms with Crippen LogP contribution >= 0.6 is 11.6 Å². The molecule has 0 spiro atoms. The summed E-state index contributed by atoms with van der Waals surface area (Å²) in [4.78, 5) is 13.5. The van der Waals surface area contributed by atoms with Crippen LogP contribution in [0, 0.1) is 0 Å². The number of amides is 2. The van der Waals surface area contributed by atoms with Gasteiger partial charge in [0.1, 0.15) is 0 Å². The highest BCUT2D eigenvalue weighted by atomic mass is 35.5. The summed E-state index contributed by atoms with van der Waals surface area (Å²) in [5, 5.41) is 13.2. The summed E-state index contributed by atoms with van der Waals surface area (Å²) in [6.07, 6.45) is -0.768. The predicted molar refractivity (Wildman–Crippen MR) is 95.2 cm³/mol. The fourth-order valence-electron chi connectivity index (χ4n) is 2.11. The maximum Gasteiger partial charge on any atom is 0.321 e. The first-order chi connectivity index (χ1) is 11.6. The third-order valence-electron chi connectivity index (χ3n) is 3.37. The molecule has 0 heterocycles. The van der Waals surface area contributed by atoms with Gasteiger partial charge < -0.3 is 20.1 Å². The molecule has 2 aromatic rings. The second-order valence-corrected chi connectivity index (χ2v) is 5.85. The molecule has 0 unspecified atom stereocenters. The third-order valence-corrected chi connectivity index (χ3v) is 3.70. The van der Waals surface area contributed by atoms with Crippen LogP contribution in [0.5, 0.6) is 0 Å². The lowest BCUT2D eigenvalue weighted by atomic mass is 10.2. The largest absolute Gasteiger partial charge is 0.389 e. The van der Waals surface area contributed by atoms with Crippen LogP contribution in [0.4, 0.5) is 10.5 Å². The number of nitrogens with zero attached hydrogens (tertiary/aromatic N) is 1. The molecule has 6 heteroatoms. The number of hydrogen-bond acceptors (Lipinski definition) is 3. The number of aliphatic hydroxyl groups excluding tert-OH is 1. The van der Waals surface area contributed by atoms with E-state index in [0.717, 1.165) is 5.56 Å². The number of urea groups is 1. The van der Waals surface area contributed by atoms with E-state index in [2.05, 4.69) is 5.32 Å². The maximum atomic E-state index is 12.1. The van der Waals surface area contributed by atoms with E-state index in [0.29, 0.717) is 17.3 Å². The number of carbonyl (C=O) groups excluding carboxylic acids is 1. The zero-order valence-corrected chi connectivity index (χ0v) is 14.2. The molecule has 0 fully saturated rings. The van der Waals surface area contributed by atoms with Gasteiger partial charge in [-0.05, 0) is 17.7 Å². The number of para-hydroxylation sites is 1. The molecule has 2 rings (SSSR count). The van der Waals surface area contributed by atoms with Gasteiger partial charge in [-0.15, -0.1) is 0 Å². The van der Waals surface area contributed by atoms with Gasteiger partial charge >= 0.3 is 6.03 Å². The van der Waals surface area contributed by atoms with E-state index in [1.54, 1.807) is 31.3 Å². The van der Waals surface area contributed by atoms with Crippen LogP contribution in [0.15, 0.2) is 54.6 Å². The zero-order valence-electron chi connectivity index (χ0n) is 13.5. The number of nitrogens with one attached hydrogen (secondary N) is 1. The summed E-state index contributed by atoms with van der Waals surface area (Å²) in [6.45, 7) is 0.733. The first-order valence-electron chi connectivity index (χ1n) is 7.62. The molecular weight excluding hydrogens is 328 g/mol. The molecule has 0 aliphatic carbocycles. The van der Waals surface area contributed by atoms with Crippen LogP contribution in [0.1, 0.15) is 5.56 Å². The van der Waals surface area contributed by atoms with Gasteiger partial charge in [-0.25, -0.2) is 4.79 Å². The molecular formula is C18H21ClN2O3. The number of aliphatic hydroxyl groups is 1. The molecule has 0 bridgehead atoms. The number of carbonyl (C=O) groups is 1. The highest BCUT2D eigenvalue weighted by Crippen LogP contribution is 2.20. The van der Waals surface area contributed by atoms with Gasteiger partial charge in [-0.1, -0.05) is 54.1 Å². The van der Waals surface area contributed by atoms with Crippen LogP contribution in [0.3, 0.4) is 0 Å². The van der Waals surface area contributed by atoms with Crippen LogP contribution in [-0.2, 0) is 11.3 Å². The van der Waals surface area contributed by atoms with Gasteiger partial charge in [0.15, 0.2) is 0 Å². The molecule has 2 N–H and O–H groups in total. The minimum absolute atomic E-state index is 0.151. The number of anilines is 1. The normalized spacial score (nSPS) is 11.8. The summed E-state index contributed by atoms with van der Waals surface area (Å²) in [5.41, 5.74) is 1.57. The zero-order chi connectivity index (χ0) is 17.4. The smallest absolute Gasteiger partial charge is 0.321 e. The van der Waals surface area contributed by atoms with E-state index in [1.807, 2.05) is 30.3 Å². The Balaban J connectivity index is 1.73. The molecule has 2 amide bonds. The van der Waals surface area contributed by atoms with E-state index < -0.39 is 6.10 Å². The fraction of sp³-hybridized carbons (Fsp3) is 0.278. The Kier molecular flexibility index (Phi) is 7.06. The molecule has 0 radical (unpaired) electrons. The quantitative estimate of drug-likeness (QED) is 0.806. The van der Waals surface area contributed by atoms with Crippen LogP contribution < -0.4 is 5.32 Å². The van der Waals surface area contributed by atoms with E-state index in [-0.39, 0.29) is 19.2 Å². The van der Waals surface area contributed by atoms with Crippen molar-refractivity contribution < 1.29 is 14.6 Å². The average Bonchev–Trinajstić information content (AvgIpc) is 2.57. The highest BCUT2D eigenvalue weighted by molar-refractivity contribution is 6.33. The fourth-order valence-corrected chi connectivity index (χ4v) is 2.29. The Hall–Kier alpha value is -2.08. The summed E-state index contributed by atoms with van der Waals surface area (Å²) >= 11 is 6.00. The second kappa shape index (κ2) is 9.27. The molecule has 24 heavy (non-hydrogen) atoms. The molecule has 0 aliphatic rings. The lowest BCUT2D eigenvalue weighted by molar-refractivity contribution is 0.0188. The summed E-state index contributed by atoms with van der Waals surface area (Å²) in [7, 11) is 1.60. The number of likely N-dealkylation sites (N-methyl/N-ethyl adjacent to an activating group) is 1. The van der Waals surface area contributed by atoms with Crippen molar-refractivity contribution in [2.75, 3.05) is 25.5 Å². The van der Waals surface area contributed by atoms with Gasteiger partial charge in [0, 0.05) is 7.05 Å². The van der Waals surface area contributed by atoms with Crippen molar-refractivity contribution in [2.45, 2.75) is 12.7 Å². The van der Waals surface area contributed by atoms with Crippen molar-refractivity contribution in [2.24, 2.45) is 0 Å². The summed E-state index contributed by atoms with van der Waals surface area (Å²) in [6, 6.07) is 16.4. The minimum atomic E-state index is -0.768. The van der Waals surface area contributed by atoms with Gasteiger partial charge in [0.25, 0.3) is 0 Å². The first-order valence-corrected chi connectivity index (χ1v) is 8.00. The van der Waals surface area contributed by atoms with E-state index in [4.69, 9.17) is 16.3 Å². The van der Waals surface area contributed by atoms with E-state index in [9.17, 15) is 9.90 Å². The van der Waals surface area contributed by atoms with Gasteiger partial charge in [-0.2, -0.15) is 0 Å². The molecule has 128 valence electrons. The second-order valence-electron chi connectivity index (χ2n) is 5.45. The molecule has 0 saturated carbocycles. The number of rotatable bonds is 7. The molecule has 5 nitrogen and oxygen atoms in total. The molecule has 0 aromatic heterocycles. The predicted octanol–water partition coefficient (Wildman–Crippen LogP) is 3.38.